The molecule has 1 aromatic heterocycles. The zero-order chi connectivity index (χ0) is 14.8. The predicted molar refractivity (Wildman–Crippen MR) is 83.7 cm³/mol. The average molecular weight is 284 g/mol. The van der Waals surface area contributed by atoms with Crippen LogP contribution in [-0.4, -0.2) is 16.2 Å². The number of nitrogens with zero attached hydrogens (tertiary/aromatic N) is 1. The first kappa shape index (κ1) is 13.4. The first-order valence-corrected chi connectivity index (χ1v) is 6.85. The van der Waals surface area contributed by atoms with Gasteiger partial charge in [-0.2, -0.15) is 5.10 Å². The number of aromatic nitrogens is 2. The molecule has 5 heteroatoms. The number of halogens is 1. The van der Waals surface area contributed by atoms with Crippen LogP contribution in [0.1, 0.15) is 12.5 Å². The molecule has 21 heavy (non-hydrogen) atoms. The second kappa shape index (κ2) is 5.44. The molecule has 0 spiro atoms. The van der Waals surface area contributed by atoms with Crippen molar-refractivity contribution in [2.24, 2.45) is 0 Å². The van der Waals surface area contributed by atoms with Crippen molar-refractivity contribution in [1.29, 1.82) is 0 Å². The van der Waals surface area contributed by atoms with Gasteiger partial charge in [0.2, 0.25) is 0 Å². The topological polar surface area (TPSA) is 66.7 Å². The third kappa shape index (κ3) is 2.97. The van der Waals surface area contributed by atoms with Crippen molar-refractivity contribution in [1.82, 2.24) is 10.2 Å². The standard InChI is InChI=1S/C16H17FN4/c1-10(6-11-2-4-13(17)5-3-11)20-16-8-15-12(7-14(16)18)9-19-21-15/h2-5,7-10,20H,6,18H2,1H3,(H,19,21). The van der Waals surface area contributed by atoms with E-state index < -0.39 is 0 Å². The number of fused-ring (bicyclic) bond motifs is 1. The van der Waals surface area contributed by atoms with Crippen LogP contribution in [0.5, 0.6) is 0 Å². The normalized spacial score (nSPS) is 12.5. The highest BCUT2D eigenvalue weighted by molar-refractivity contribution is 5.88. The monoisotopic (exact) mass is 284 g/mol. The predicted octanol–water partition coefficient (Wildman–Crippen LogP) is 3.33. The van der Waals surface area contributed by atoms with Crippen LogP contribution < -0.4 is 11.1 Å². The van der Waals surface area contributed by atoms with Gasteiger partial charge in [0, 0.05) is 11.4 Å². The molecule has 0 radical (unpaired) electrons. The lowest BCUT2D eigenvalue weighted by atomic mass is 10.1. The molecular weight excluding hydrogens is 267 g/mol. The number of hydrogen-bond acceptors (Lipinski definition) is 3. The van der Waals surface area contributed by atoms with Crippen LogP contribution in [0.4, 0.5) is 15.8 Å². The van der Waals surface area contributed by atoms with E-state index >= 15 is 0 Å². The number of rotatable bonds is 4. The Morgan fingerprint density at radius 3 is 2.81 bits per heavy atom. The fourth-order valence-electron chi connectivity index (χ4n) is 2.42. The van der Waals surface area contributed by atoms with Crippen LogP contribution in [0.25, 0.3) is 10.9 Å². The molecule has 0 amide bonds. The van der Waals surface area contributed by atoms with Crippen molar-refractivity contribution in [2.75, 3.05) is 11.1 Å². The molecule has 4 nitrogen and oxygen atoms in total. The van der Waals surface area contributed by atoms with Crippen molar-refractivity contribution in [3.8, 4) is 0 Å². The van der Waals surface area contributed by atoms with Crippen molar-refractivity contribution >= 4 is 22.3 Å². The Morgan fingerprint density at radius 1 is 1.29 bits per heavy atom. The lowest BCUT2D eigenvalue weighted by Gasteiger charge is -2.17. The number of nitrogens with one attached hydrogen (secondary N) is 2. The number of H-pyrrole nitrogens is 1. The molecule has 0 bridgehead atoms. The lowest BCUT2D eigenvalue weighted by molar-refractivity contribution is 0.626. The van der Waals surface area contributed by atoms with Crippen LogP contribution in [-0.2, 0) is 6.42 Å². The van der Waals surface area contributed by atoms with Crippen LogP contribution in [0.15, 0.2) is 42.6 Å². The molecule has 3 aromatic rings. The lowest BCUT2D eigenvalue weighted by Crippen LogP contribution is -2.18. The largest absolute Gasteiger partial charge is 0.397 e. The number of benzene rings is 2. The molecule has 4 N–H and O–H groups in total. The highest BCUT2D eigenvalue weighted by Gasteiger charge is 2.08. The molecule has 0 aliphatic carbocycles. The summed E-state index contributed by atoms with van der Waals surface area (Å²) in [5, 5.41) is 11.3. The molecule has 1 heterocycles. The highest BCUT2D eigenvalue weighted by Crippen LogP contribution is 2.25. The van der Waals surface area contributed by atoms with Gasteiger partial charge < -0.3 is 11.1 Å². The van der Waals surface area contributed by atoms with Crippen molar-refractivity contribution in [3.05, 3.63) is 54.0 Å². The van der Waals surface area contributed by atoms with Crippen LogP contribution in [0, 0.1) is 5.82 Å². The Balaban J connectivity index is 1.74. The molecule has 3 rings (SSSR count). The Morgan fingerprint density at radius 2 is 2.05 bits per heavy atom. The van der Waals surface area contributed by atoms with E-state index in [1.807, 2.05) is 12.1 Å². The fourth-order valence-corrected chi connectivity index (χ4v) is 2.42. The maximum atomic E-state index is 12.9. The molecule has 0 aliphatic heterocycles. The summed E-state index contributed by atoms with van der Waals surface area (Å²) >= 11 is 0. The van der Waals surface area contributed by atoms with Gasteiger partial charge in [-0.1, -0.05) is 12.1 Å². The molecule has 1 atom stereocenters. The number of hydrogen-bond donors (Lipinski definition) is 3. The molecular formula is C16H17FN4. The van der Waals surface area contributed by atoms with Gasteiger partial charge in [-0.05, 0) is 43.2 Å². The summed E-state index contributed by atoms with van der Waals surface area (Å²) in [5.41, 5.74) is 9.65. The van der Waals surface area contributed by atoms with E-state index in [1.54, 1.807) is 18.3 Å². The number of nitrogens with two attached hydrogens (primary N) is 1. The van der Waals surface area contributed by atoms with Gasteiger partial charge >= 0.3 is 0 Å². The fraction of sp³-hybridized carbons (Fsp3) is 0.188. The number of aromatic amines is 1. The summed E-state index contributed by atoms with van der Waals surface area (Å²) in [4.78, 5) is 0. The average Bonchev–Trinajstić information content (AvgIpc) is 2.89. The van der Waals surface area contributed by atoms with Crippen molar-refractivity contribution in [3.63, 3.8) is 0 Å². The molecule has 1 unspecified atom stereocenters. The summed E-state index contributed by atoms with van der Waals surface area (Å²) in [6.45, 7) is 2.07. The van der Waals surface area contributed by atoms with Crippen LogP contribution >= 0.6 is 0 Å². The van der Waals surface area contributed by atoms with E-state index in [0.717, 1.165) is 28.6 Å². The first-order chi connectivity index (χ1) is 10.1. The Labute approximate surface area is 122 Å². The minimum absolute atomic E-state index is 0.179. The van der Waals surface area contributed by atoms with Crippen LogP contribution in [0.3, 0.4) is 0 Å². The summed E-state index contributed by atoms with van der Waals surface area (Å²) in [5.74, 6) is -0.215. The Bertz CT molecular complexity index is 749. The van der Waals surface area contributed by atoms with E-state index in [-0.39, 0.29) is 11.9 Å². The zero-order valence-corrected chi connectivity index (χ0v) is 11.7. The van der Waals surface area contributed by atoms with Gasteiger partial charge in [-0.25, -0.2) is 4.39 Å². The van der Waals surface area contributed by atoms with E-state index in [4.69, 9.17) is 5.73 Å². The second-order valence-electron chi connectivity index (χ2n) is 5.27. The maximum Gasteiger partial charge on any atom is 0.123 e. The van der Waals surface area contributed by atoms with Crippen LogP contribution in [0.2, 0.25) is 0 Å². The van der Waals surface area contributed by atoms with Gasteiger partial charge in [0.05, 0.1) is 23.1 Å². The molecule has 0 fully saturated rings. The second-order valence-corrected chi connectivity index (χ2v) is 5.27. The highest BCUT2D eigenvalue weighted by atomic mass is 19.1. The van der Waals surface area contributed by atoms with E-state index in [0.29, 0.717) is 5.69 Å². The van der Waals surface area contributed by atoms with Crippen molar-refractivity contribution < 1.29 is 4.39 Å². The minimum atomic E-state index is -0.215. The van der Waals surface area contributed by atoms with Gasteiger partial charge in [0.1, 0.15) is 5.82 Å². The number of nitrogen functional groups attached to an aromatic ring is 1. The van der Waals surface area contributed by atoms with Gasteiger partial charge in [0.15, 0.2) is 0 Å². The van der Waals surface area contributed by atoms with Gasteiger partial charge in [-0.3, -0.25) is 5.10 Å². The van der Waals surface area contributed by atoms with Gasteiger partial charge in [0.25, 0.3) is 0 Å². The molecule has 0 saturated heterocycles. The summed E-state index contributed by atoms with van der Waals surface area (Å²) in [6, 6.07) is 10.6. The SMILES string of the molecule is CC(Cc1ccc(F)cc1)Nc1cc2[nH]ncc2cc1N. The van der Waals surface area contributed by atoms with Crippen molar-refractivity contribution in [2.45, 2.75) is 19.4 Å². The molecule has 0 aliphatic rings. The Kier molecular flexibility index (Phi) is 3.48. The quantitative estimate of drug-likeness (QED) is 0.644. The van der Waals surface area contributed by atoms with E-state index in [9.17, 15) is 4.39 Å². The summed E-state index contributed by atoms with van der Waals surface area (Å²) in [7, 11) is 0. The maximum absolute atomic E-state index is 12.9. The molecule has 108 valence electrons. The third-order valence-electron chi connectivity index (χ3n) is 3.47. The molecule has 2 aromatic carbocycles. The first-order valence-electron chi connectivity index (χ1n) is 6.85. The minimum Gasteiger partial charge on any atom is -0.397 e. The van der Waals surface area contributed by atoms with E-state index in [2.05, 4.69) is 22.4 Å². The Hall–Kier alpha value is -2.56. The summed E-state index contributed by atoms with van der Waals surface area (Å²) in [6.07, 6.45) is 2.54. The van der Waals surface area contributed by atoms with Gasteiger partial charge in [-0.15, -0.1) is 0 Å². The van der Waals surface area contributed by atoms with E-state index in [1.165, 1.54) is 12.1 Å². The smallest absolute Gasteiger partial charge is 0.123 e. The summed E-state index contributed by atoms with van der Waals surface area (Å²) < 4.78 is 12.9. The third-order valence-corrected chi connectivity index (χ3v) is 3.47. The number of anilines is 2. The zero-order valence-electron chi connectivity index (χ0n) is 11.7. The molecule has 0 saturated carbocycles.